The Balaban J connectivity index is 2.00. The van der Waals surface area contributed by atoms with Crippen LogP contribution in [0.5, 0.6) is 0 Å². The van der Waals surface area contributed by atoms with Crippen LogP contribution in [0.1, 0.15) is 15.2 Å². The largest absolute Gasteiger partial charge is 0.480 e. The number of carboxylic acid groups (broad SMARTS) is 2. The molecule has 0 aliphatic heterocycles. The van der Waals surface area contributed by atoms with Gasteiger partial charge in [-0.1, -0.05) is 17.7 Å². The zero-order valence-electron chi connectivity index (χ0n) is 12.8. The fraction of sp³-hybridized carbons (Fsp3) is 0.118. The summed E-state index contributed by atoms with van der Waals surface area (Å²) in [4.78, 5) is 28.3. The standard InChI is InChI=1S/C17H13ClN2O4S/c18-10-3-4-13-9(6-10)7-12(16(21)22)15(19-13)20-14(17(23)24)8-11-2-1-5-25-11/h1-7,14H,8H2,(H,19,20)(H,21,22)(H,23,24). The molecule has 0 aliphatic carbocycles. The predicted molar refractivity (Wildman–Crippen MR) is 96.8 cm³/mol. The van der Waals surface area contributed by atoms with Crippen LogP contribution in [0.4, 0.5) is 5.82 Å². The van der Waals surface area contributed by atoms with Gasteiger partial charge in [-0.2, -0.15) is 0 Å². The zero-order chi connectivity index (χ0) is 18.0. The average molecular weight is 377 g/mol. The van der Waals surface area contributed by atoms with Gasteiger partial charge in [-0.05, 0) is 35.7 Å². The van der Waals surface area contributed by atoms with E-state index >= 15 is 0 Å². The molecule has 0 saturated carbocycles. The van der Waals surface area contributed by atoms with Crippen LogP contribution in [0.25, 0.3) is 10.9 Å². The van der Waals surface area contributed by atoms with Crippen LogP contribution in [-0.2, 0) is 11.2 Å². The number of carboxylic acids is 2. The second kappa shape index (κ2) is 7.08. The van der Waals surface area contributed by atoms with E-state index in [1.165, 1.54) is 17.4 Å². The molecular weight excluding hydrogens is 364 g/mol. The van der Waals surface area contributed by atoms with Crippen LogP contribution in [0.15, 0.2) is 41.8 Å². The smallest absolute Gasteiger partial charge is 0.339 e. The van der Waals surface area contributed by atoms with Crippen LogP contribution in [-0.4, -0.2) is 33.2 Å². The number of aromatic carboxylic acids is 1. The number of aliphatic carboxylic acids is 1. The lowest BCUT2D eigenvalue weighted by Gasteiger charge is -2.16. The van der Waals surface area contributed by atoms with Crippen LogP contribution in [0, 0.1) is 0 Å². The normalized spacial score (nSPS) is 12.0. The second-order valence-corrected chi connectivity index (χ2v) is 6.81. The number of fused-ring (bicyclic) bond motifs is 1. The molecule has 3 aromatic rings. The first kappa shape index (κ1) is 17.2. The molecule has 3 rings (SSSR count). The zero-order valence-corrected chi connectivity index (χ0v) is 14.3. The van der Waals surface area contributed by atoms with Crippen molar-refractivity contribution in [2.75, 3.05) is 5.32 Å². The monoisotopic (exact) mass is 376 g/mol. The lowest BCUT2D eigenvalue weighted by Crippen LogP contribution is -2.32. The minimum atomic E-state index is -1.20. The highest BCUT2D eigenvalue weighted by molar-refractivity contribution is 7.09. The summed E-state index contributed by atoms with van der Waals surface area (Å²) in [6, 6.07) is 9.01. The fourth-order valence-corrected chi connectivity index (χ4v) is 3.35. The predicted octanol–water partition coefficient (Wildman–Crippen LogP) is 3.76. The molecule has 0 amide bonds. The number of carbonyl (C=O) groups is 2. The van der Waals surface area contributed by atoms with Crippen LogP contribution < -0.4 is 5.32 Å². The molecule has 0 saturated heterocycles. The SMILES string of the molecule is O=C(O)c1cc2cc(Cl)ccc2nc1NC(Cc1cccs1)C(=O)O. The molecule has 2 heterocycles. The molecule has 1 unspecified atom stereocenters. The first-order chi connectivity index (χ1) is 11.9. The topological polar surface area (TPSA) is 99.5 Å². The number of anilines is 1. The van der Waals surface area contributed by atoms with Gasteiger partial charge in [0.05, 0.1) is 5.52 Å². The van der Waals surface area contributed by atoms with E-state index in [0.717, 1.165) is 4.88 Å². The van der Waals surface area contributed by atoms with E-state index in [-0.39, 0.29) is 17.8 Å². The second-order valence-electron chi connectivity index (χ2n) is 5.35. The Hall–Kier alpha value is -2.64. The fourth-order valence-electron chi connectivity index (χ4n) is 2.42. The molecule has 0 fully saturated rings. The lowest BCUT2D eigenvalue weighted by molar-refractivity contribution is -0.137. The van der Waals surface area contributed by atoms with Gasteiger partial charge in [-0.25, -0.2) is 14.6 Å². The van der Waals surface area contributed by atoms with Crippen molar-refractivity contribution in [2.45, 2.75) is 12.5 Å². The van der Waals surface area contributed by atoms with Crippen molar-refractivity contribution in [3.8, 4) is 0 Å². The molecule has 6 nitrogen and oxygen atoms in total. The van der Waals surface area contributed by atoms with Gasteiger partial charge in [0.15, 0.2) is 0 Å². The quantitative estimate of drug-likeness (QED) is 0.605. The third kappa shape index (κ3) is 3.89. The van der Waals surface area contributed by atoms with Gasteiger partial charge in [0.25, 0.3) is 0 Å². The number of nitrogens with zero attached hydrogens (tertiary/aromatic N) is 1. The van der Waals surface area contributed by atoms with Gasteiger partial charge in [0.1, 0.15) is 17.4 Å². The molecule has 0 radical (unpaired) electrons. The van der Waals surface area contributed by atoms with Crippen molar-refractivity contribution >= 4 is 51.6 Å². The van der Waals surface area contributed by atoms with Crippen LogP contribution >= 0.6 is 22.9 Å². The summed E-state index contributed by atoms with van der Waals surface area (Å²) in [5, 5.41) is 24.6. The average Bonchev–Trinajstić information content (AvgIpc) is 3.06. The Morgan fingerprint density at radius 2 is 2.04 bits per heavy atom. The molecule has 0 aliphatic rings. The Kier molecular flexibility index (Phi) is 4.87. The minimum Gasteiger partial charge on any atom is -0.480 e. The first-order valence-electron chi connectivity index (χ1n) is 7.29. The maximum Gasteiger partial charge on any atom is 0.339 e. The molecule has 2 aromatic heterocycles. The maximum atomic E-state index is 11.6. The number of benzene rings is 1. The van der Waals surface area contributed by atoms with E-state index < -0.39 is 18.0 Å². The number of halogens is 1. The number of thiophene rings is 1. The first-order valence-corrected chi connectivity index (χ1v) is 8.55. The van der Waals surface area contributed by atoms with Gasteiger partial charge >= 0.3 is 11.9 Å². The highest BCUT2D eigenvalue weighted by Gasteiger charge is 2.22. The Bertz CT molecular complexity index is 943. The van der Waals surface area contributed by atoms with E-state index in [0.29, 0.717) is 15.9 Å². The van der Waals surface area contributed by atoms with Gasteiger partial charge in [0.2, 0.25) is 0 Å². The highest BCUT2D eigenvalue weighted by atomic mass is 35.5. The Morgan fingerprint density at radius 3 is 2.68 bits per heavy atom. The van der Waals surface area contributed by atoms with E-state index in [1.54, 1.807) is 18.2 Å². The van der Waals surface area contributed by atoms with Gasteiger partial charge in [-0.15, -0.1) is 11.3 Å². The van der Waals surface area contributed by atoms with Crippen molar-refractivity contribution in [1.82, 2.24) is 4.98 Å². The molecule has 0 spiro atoms. The van der Waals surface area contributed by atoms with Gasteiger partial charge in [-0.3, -0.25) is 0 Å². The lowest BCUT2D eigenvalue weighted by atomic mass is 10.1. The van der Waals surface area contributed by atoms with E-state index in [1.807, 2.05) is 17.5 Å². The van der Waals surface area contributed by atoms with Crippen LogP contribution in [0.3, 0.4) is 0 Å². The van der Waals surface area contributed by atoms with E-state index in [2.05, 4.69) is 10.3 Å². The molecule has 128 valence electrons. The van der Waals surface area contributed by atoms with Crippen molar-refractivity contribution in [1.29, 1.82) is 0 Å². The summed E-state index contributed by atoms with van der Waals surface area (Å²) < 4.78 is 0. The Labute approximate surface area is 151 Å². The van der Waals surface area contributed by atoms with E-state index in [4.69, 9.17) is 11.6 Å². The van der Waals surface area contributed by atoms with Crippen molar-refractivity contribution in [3.05, 3.63) is 57.2 Å². The number of nitrogens with one attached hydrogen (secondary N) is 1. The Morgan fingerprint density at radius 1 is 1.24 bits per heavy atom. The third-order valence-electron chi connectivity index (χ3n) is 3.60. The molecule has 8 heteroatoms. The number of rotatable bonds is 6. The summed E-state index contributed by atoms with van der Waals surface area (Å²) in [7, 11) is 0. The number of aromatic nitrogens is 1. The molecule has 1 aromatic carbocycles. The highest BCUT2D eigenvalue weighted by Crippen LogP contribution is 2.25. The molecular formula is C17H13ClN2O4S. The van der Waals surface area contributed by atoms with Crippen molar-refractivity contribution < 1.29 is 19.8 Å². The van der Waals surface area contributed by atoms with Crippen LogP contribution in [0.2, 0.25) is 5.02 Å². The molecule has 25 heavy (non-hydrogen) atoms. The number of hydrogen-bond acceptors (Lipinski definition) is 5. The third-order valence-corrected chi connectivity index (χ3v) is 4.74. The molecule has 0 bridgehead atoms. The van der Waals surface area contributed by atoms with Gasteiger partial charge < -0.3 is 15.5 Å². The van der Waals surface area contributed by atoms with Crippen molar-refractivity contribution in [3.63, 3.8) is 0 Å². The van der Waals surface area contributed by atoms with Crippen molar-refractivity contribution in [2.24, 2.45) is 0 Å². The van der Waals surface area contributed by atoms with Gasteiger partial charge in [0, 0.05) is 21.7 Å². The molecule has 1 atom stereocenters. The summed E-state index contributed by atoms with van der Waals surface area (Å²) >= 11 is 7.37. The summed E-state index contributed by atoms with van der Waals surface area (Å²) in [6.45, 7) is 0. The van der Waals surface area contributed by atoms with E-state index in [9.17, 15) is 19.8 Å². The molecule has 3 N–H and O–H groups in total. The summed E-state index contributed by atoms with van der Waals surface area (Å²) in [5.74, 6) is -2.26. The maximum absolute atomic E-state index is 11.6. The number of hydrogen-bond donors (Lipinski definition) is 3. The summed E-state index contributed by atoms with van der Waals surface area (Å²) in [5.41, 5.74) is 0.421. The number of pyridine rings is 1. The minimum absolute atomic E-state index is 0.0197. The summed E-state index contributed by atoms with van der Waals surface area (Å²) in [6.07, 6.45) is 0.229.